The molecule has 2 aromatic rings. The van der Waals surface area contributed by atoms with Crippen LogP contribution in [0.1, 0.15) is 10.4 Å². The van der Waals surface area contributed by atoms with E-state index >= 15 is 0 Å². The number of aromatic nitrogens is 3. The summed E-state index contributed by atoms with van der Waals surface area (Å²) in [5.41, 5.74) is 0.739. The number of carboxylic acid groups (broad SMARTS) is 1. The van der Waals surface area contributed by atoms with Crippen LogP contribution in [0.25, 0.3) is 5.69 Å². The molecule has 0 radical (unpaired) electrons. The lowest BCUT2D eigenvalue weighted by Gasteiger charge is -2.03. The van der Waals surface area contributed by atoms with Crippen LogP contribution in [-0.4, -0.2) is 25.8 Å². The van der Waals surface area contributed by atoms with Gasteiger partial charge in [-0.15, -0.1) is 0 Å². The summed E-state index contributed by atoms with van der Waals surface area (Å²) in [7, 11) is 0. The van der Waals surface area contributed by atoms with Crippen LogP contribution in [0, 0.1) is 0 Å². The van der Waals surface area contributed by atoms with E-state index in [1.54, 1.807) is 6.07 Å². The van der Waals surface area contributed by atoms with E-state index < -0.39 is 5.97 Å². The highest BCUT2D eigenvalue weighted by molar-refractivity contribution is 6.32. The molecule has 0 aliphatic carbocycles. The molecule has 1 N–H and O–H groups in total. The Labute approximate surface area is 89.9 Å². The van der Waals surface area contributed by atoms with Gasteiger partial charge in [0, 0.05) is 0 Å². The van der Waals surface area contributed by atoms with E-state index in [0.29, 0.717) is 10.7 Å². The summed E-state index contributed by atoms with van der Waals surface area (Å²) in [5.74, 6) is -1.01. The van der Waals surface area contributed by atoms with Crippen molar-refractivity contribution in [2.75, 3.05) is 0 Å². The topological polar surface area (TPSA) is 68.0 Å². The number of carboxylic acids is 1. The van der Waals surface area contributed by atoms with Gasteiger partial charge >= 0.3 is 5.97 Å². The van der Waals surface area contributed by atoms with E-state index in [-0.39, 0.29) is 5.56 Å². The second-order valence-corrected chi connectivity index (χ2v) is 3.22. The molecule has 0 aliphatic rings. The van der Waals surface area contributed by atoms with Crippen LogP contribution in [0.15, 0.2) is 30.9 Å². The van der Waals surface area contributed by atoms with Crippen molar-refractivity contribution in [3.63, 3.8) is 0 Å². The molecule has 76 valence electrons. The lowest BCUT2D eigenvalue weighted by molar-refractivity contribution is 0.0697. The normalized spacial score (nSPS) is 10.2. The monoisotopic (exact) mass is 223 g/mol. The van der Waals surface area contributed by atoms with Gasteiger partial charge < -0.3 is 5.11 Å². The van der Waals surface area contributed by atoms with Crippen LogP contribution in [-0.2, 0) is 0 Å². The van der Waals surface area contributed by atoms with Crippen LogP contribution in [0.4, 0.5) is 0 Å². The number of hydrogen-bond donors (Lipinski definition) is 1. The molecule has 0 saturated heterocycles. The number of nitrogens with zero attached hydrogens (tertiary/aromatic N) is 3. The molecule has 0 amide bonds. The third-order valence-corrected chi connectivity index (χ3v) is 2.16. The highest BCUT2D eigenvalue weighted by Gasteiger charge is 2.08. The fourth-order valence-corrected chi connectivity index (χ4v) is 1.43. The Morgan fingerprint density at radius 2 is 2.27 bits per heavy atom. The first kappa shape index (κ1) is 9.67. The highest BCUT2D eigenvalue weighted by Crippen LogP contribution is 2.20. The van der Waals surface area contributed by atoms with Gasteiger partial charge in [-0.3, -0.25) is 0 Å². The molecule has 1 heterocycles. The molecule has 1 aromatic carbocycles. The molecular weight excluding hydrogens is 218 g/mol. The van der Waals surface area contributed by atoms with Gasteiger partial charge in [0.2, 0.25) is 0 Å². The molecule has 0 aliphatic heterocycles. The molecule has 6 heteroatoms. The van der Waals surface area contributed by atoms with Gasteiger partial charge in [0.25, 0.3) is 0 Å². The highest BCUT2D eigenvalue weighted by atomic mass is 35.5. The first-order valence-corrected chi connectivity index (χ1v) is 4.44. The summed E-state index contributed by atoms with van der Waals surface area (Å²) in [6.45, 7) is 0. The van der Waals surface area contributed by atoms with Gasteiger partial charge in [-0.25, -0.2) is 14.5 Å². The average Bonchev–Trinajstić information content (AvgIpc) is 2.70. The summed E-state index contributed by atoms with van der Waals surface area (Å²) in [6, 6.07) is 4.42. The zero-order valence-electron chi connectivity index (χ0n) is 7.46. The van der Waals surface area contributed by atoms with Crippen LogP contribution >= 0.6 is 11.6 Å². The predicted molar refractivity (Wildman–Crippen MR) is 53.3 cm³/mol. The van der Waals surface area contributed by atoms with E-state index in [9.17, 15) is 4.79 Å². The van der Waals surface area contributed by atoms with Crippen LogP contribution in [0.2, 0.25) is 5.02 Å². The van der Waals surface area contributed by atoms with E-state index in [4.69, 9.17) is 16.7 Å². The second kappa shape index (κ2) is 3.70. The minimum Gasteiger partial charge on any atom is -0.478 e. The van der Waals surface area contributed by atoms with Crippen molar-refractivity contribution in [3.05, 3.63) is 41.4 Å². The zero-order valence-corrected chi connectivity index (χ0v) is 8.22. The molecule has 0 atom stereocenters. The SMILES string of the molecule is O=C(O)c1ccc(-n2cncn2)c(Cl)c1. The minimum atomic E-state index is -1.01. The Kier molecular flexibility index (Phi) is 2.39. The Morgan fingerprint density at radius 1 is 1.47 bits per heavy atom. The van der Waals surface area contributed by atoms with Gasteiger partial charge in [0.1, 0.15) is 12.7 Å². The Hall–Kier alpha value is -1.88. The molecule has 0 unspecified atom stereocenters. The molecule has 5 nitrogen and oxygen atoms in total. The van der Waals surface area contributed by atoms with Gasteiger partial charge in [-0.05, 0) is 18.2 Å². The first-order valence-electron chi connectivity index (χ1n) is 4.06. The molecule has 0 bridgehead atoms. The van der Waals surface area contributed by atoms with Gasteiger partial charge in [0.05, 0.1) is 16.3 Å². The Morgan fingerprint density at radius 3 is 2.80 bits per heavy atom. The van der Waals surface area contributed by atoms with Crippen LogP contribution < -0.4 is 0 Å². The van der Waals surface area contributed by atoms with Crippen LogP contribution in [0.5, 0.6) is 0 Å². The van der Waals surface area contributed by atoms with Crippen molar-refractivity contribution in [2.24, 2.45) is 0 Å². The van der Waals surface area contributed by atoms with E-state index in [0.717, 1.165) is 0 Å². The molecular formula is C9H6ClN3O2. The van der Waals surface area contributed by atoms with E-state index in [1.807, 2.05) is 0 Å². The fourth-order valence-electron chi connectivity index (χ4n) is 1.16. The molecule has 2 rings (SSSR count). The van der Waals surface area contributed by atoms with E-state index in [2.05, 4.69) is 10.1 Å². The number of aromatic carboxylic acids is 1. The second-order valence-electron chi connectivity index (χ2n) is 2.81. The summed E-state index contributed by atoms with van der Waals surface area (Å²) < 4.78 is 1.47. The third-order valence-electron chi connectivity index (χ3n) is 1.86. The standard InChI is InChI=1S/C9H6ClN3O2/c10-7-3-6(9(14)15)1-2-8(7)13-5-11-4-12-13/h1-5H,(H,14,15). The molecule has 0 saturated carbocycles. The van der Waals surface area contributed by atoms with Crippen molar-refractivity contribution in [2.45, 2.75) is 0 Å². The molecule has 0 fully saturated rings. The lowest BCUT2D eigenvalue weighted by Crippen LogP contribution is -2.00. The summed E-state index contributed by atoms with van der Waals surface area (Å²) in [5, 5.41) is 13.0. The molecule has 0 spiro atoms. The third kappa shape index (κ3) is 1.82. The number of benzene rings is 1. The number of carbonyl (C=O) groups is 1. The van der Waals surface area contributed by atoms with Crippen molar-refractivity contribution < 1.29 is 9.90 Å². The maximum Gasteiger partial charge on any atom is 0.335 e. The quantitative estimate of drug-likeness (QED) is 0.840. The predicted octanol–water partition coefficient (Wildman–Crippen LogP) is 1.62. The van der Waals surface area contributed by atoms with Crippen molar-refractivity contribution in [1.82, 2.24) is 14.8 Å². The molecule has 15 heavy (non-hydrogen) atoms. The van der Waals surface area contributed by atoms with Crippen molar-refractivity contribution in [3.8, 4) is 5.69 Å². The maximum atomic E-state index is 10.7. The van der Waals surface area contributed by atoms with Crippen LogP contribution in [0.3, 0.4) is 0 Å². The number of rotatable bonds is 2. The largest absolute Gasteiger partial charge is 0.478 e. The summed E-state index contributed by atoms with van der Waals surface area (Å²) in [6.07, 6.45) is 2.86. The average molecular weight is 224 g/mol. The number of halogens is 1. The molecule has 1 aromatic heterocycles. The summed E-state index contributed by atoms with van der Waals surface area (Å²) in [4.78, 5) is 14.4. The summed E-state index contributed by atoms with van der Waals surface area (Å²) >= 11 is 5.91. The van der Waals surface area contributed by atoms with Crippen molar-refractivity contribution >= 4 is 17.6 Å². The maximum absolute atomic E-state index is 10.7. The Bertz CT molecular complexity index is 496. The first-order chi connectivity index (χ1) is 7.18. The Balaban J connectivity index is 2.48. The van der Waals surface area contributed by atoms with Gasteiger partial charge in [-0.1, -0.05) is 11.6 Å². The minimum absolute atomic E-state index is 0.142. The number of hydrogen-bond acceptors (Lipinski definition) is 3. The van der Waals surface area contributed by atoms with Crippen molar-refractivity contribution in [1.29, 1.82) is 0 Å². The fraction of sp³-hybridized carbons (Fsp3) is 0. The smallest absolute Gasteiger partial charge is 0.335 e. The van der Waals surface area contributed by atoms with E-state index in [1.165, 1.54) is 29.5 Å². The zero-order chi connectivity index (χ0) is 10.8. The lowest BCUT2D eigenvalue weighted by atomic mass is 10.2. The van der Waals surface area contributed by atoms with Gasteiger partial charge in [-0.2, -0.15) is 5.10 Å². The van der Waals surface area contributed by atoms with Gasteiger partial charge in [0.15, 0.2) is 0 Å².